The van der Waals surface area contributed by atoms with Crippen molar-refractivity contribution in [2.24, 2.45) is 5.92 Å². The van der Waals surface area contributed by atoms with Gasteiger partial charge < -0.3 is 24.8 Å². The summed E-state index contributed by atoms with van der Waals surface area (Å²) in [6, 6.07) is 14.1. The fourth-order valence-corrected chi connectivity index (χ4v) is 4.89. The summed E-state index contributed by atoms with van der Waals surface area (Å²) in [6.07, 6.45) is 20.4. The number of rotatable bonds is 8. The Bertz CT molecular complexity index is 980. The maximum Gasteiger partial charge on any atom is -1.00 e. The van der Waals surface area contributed by atoms with Crippen LogP contribution in [0.4, 0.5) is 0 Å². The van der Waals surface area contributed by atoms with E-state index in [4.69, 9.17) is 0 Å². The molecular formula is C33H40Cl2Zr-2. The first-order valence-corrected chi connectivity index (χ1v) is 13.9. The predicted octanol–water partition coefficient (Wildman–Crippen LogP) is 3.38. The molecule has 0 heterocycles. The number of halogens is 2. The molecule has 4 rings (SSSR count). The van der Waals surface area contributed by atoms with Gasteiger partial charge in [0.1, 0.15) is 0 Å². The first-order chi connectivity index (χ1) is 16.4. The molecule has 0 fully saturated rings. The zero-order valence-electron chi connectivity index (χ0n) is 22.4. The van der Waals surface area contributed by atoms with Crippen molar-refractivity contribution in [3.8, 4) is 11.1 Å². The van der Waals surface area contributed by atoms with Crippen LogP contribution in [0.1, 0.15) is 88.5 Å². The van der Waals surface area contributed by atoms with Gasteiger partial charge in [0.05, 0.1) is 0 Å². The molecule has 0 spiro atoms. The molecule has 0 amide bonds. The van der Waals surface area contributed by atoms with E-state index in [0.29, 0.717) is 5.92 Å². The Morgan fingerprint density at radius 3 is 2.08 bits per heavy atom. The van der Waals surface area contributed by atoms with Crippen LogP contribution in [-0.4, -0.2) is 3.21 Å². The van der Waals surface area contributed by atoms with Crippen LogP contribution in [0.2, 0.25) is 0 Å². The van der Waals surface area contributed by atoms with Gasteiger partial charge in [-0.05, 0) is 12.0 Å². The van der Waals surface area contributed by atoms with Crippen molar-refractivity contribution in [1.82, 2.24) is 0 Å². The average Bonchev–Trinajstić information content (AvgIpc) is 3.42. The minimum Gasteiger partial charge on any atom is -1.00 e. The van der Waals surface area contributed by atoms with E-state index in [-0.39, 0.29) is 24.8 Å². The molecule has 0 saturated carbocycles. The summed E-state index contributed by atoms with van der Waals surface area (Å²) in [4.78, 5) is 0. The van der Waals surface area contributed by atoms with E-state index in [9.17, 15) is 0 Å². The molecule has 1 unspecified atom stereocenters. The minimum atomic E-state index is 0. The molecule has 192 valence electrons. The average molecular weight is 599 g/mol. The molecule has 3 heteroatoms. The fraction of sp³-hybridized carbons (Fsp3) is 0.364. The van der Waals surface area contributed by atoms with Crippen LogP contribution in [0.15, 0.2) is 61.2 Å². The van der Waals surface area contributed by atoms with E-state index in [1.54, 1.807) is 27.4 Å². The molecule has 0 aliphatic heterocycles. The van der Waals surface area contributed by atoms with Crippen molar-refractivity contribution in [2.45, 2.75) is 72.6 Å². The quantitative estimate of drug-likeness (QED) is 0.349. The van der Waals surface area contributed by atoms with Crippen molar-refractivity contribution in [2.75, 3.05) is 0 Å². The predicted molar refractivity (Wildman–Crippen MR) is 148 cm³/mol. The minimum absolute atomic E-state index is 0. The van der Waals surface area contributed by atoms with Crippen molar-refractivity contribution in [3.05, 3.63) is 95.6 Å². The topological polar surface area (TPSA) is 0 Å². The van der Waals surface area contributed by atoms with Gasteiger partial charge in [0.15, 0.2) is 0 Å². The Balaban J connectivity index is 0.000000556. The molecule has 1 atom stereocenters. The third-order valence-corrected chi connectivity index (χ3v) is 7.29. The second-order valence-corrected chi connectivity index (χ2v) is 10.9. The molecule has 2 aromatic carbocycles. The number of hydrogen-bond acceptors (Lipinski definition) is 0. The zero-order valence-corrected chi connectivity index (χ0v) is 26.4. The van der Waals surface area contributed by atoms with Gasteiger partial charge in [0.25, 0.3) is 0 Å². The number of benzene rings is 2. The van der Waals surface area contributed by atoms with E-state index in [1.807, 2.05) is 24.3 Å². The summed E-state index contributed by atoms with van der Waals surface area (Å²) in [5, 5.41) is 0. The maximum atomic E-state index is 3.82. The van der Waals surface area contributed by atoms with Gasteiger partial charge in [0.2, 0.25) is 0 Å². The van der Waals surface area contributed by atoms with Crippen LogP contribution < -0.4 is 24.8 Å². The molecular weight excluding hydrogens is 558 g/mol. The van der Waals surface area contributed by atoms with Gasteiger partial charge in [0, 0.05) is 0 Å². The first kappa shape index (κ1) is 34.7. The number of allylic oxidation sites excluding steroid dienone is 4. The summed E-state index contributed by atoms with van der Waals surface area (Å²) >= 11 is 1.67. The summed E-state index contributed by atoms with van der Waals surface area (Å²) in [6.45, 7) is 16.4. The summed E-state index contributed by atoms with van der Waals surface area (Å²) in [5.74, 6) is 0.556. The third-order valence-electron chi connectivity index (χ3n) is 6.06. The fourth-order valence-electron chi connectivity index (χ4n) is 4.02. The first-order valence-electron chi connectivity index (χ1n) is 12.7. The standard InChI is InChI=1S/C17H13.C9H18.C7H9.2ClH.Zr/c1-3-12-5-7-14-11-15-8-6-13(4-2)10-17(15)16(14)9-12;1-3-5-7-9-8-6-4-2;1-6-3-4-7(2)5-6;;;/h3-7,9-10H,1-2,11H2;3-8H2,1-2H3;3,5,7H,1-2H3;2*1H;/q-1;;-1;;;+2/p-2. The van der Waals surface area contributed by atoms with Crippen molar-refractivity contribution in [1.29, 1.82) is 0 Å². The van der Waals surface area contributed by atoms with Gasteiger partial charge in [-0.2, -0.15) is 29.8 Å². The number of unbranched alkanes of at least 4 members (excludes halogenated alkanes) is 2. The Kier molecular flexibility index (Phi) is 18.2. The monoisotopic (exact) mass is 596 g/mol. The van der Waals surface area contributed by atoms with Crippen LogP contribution in [0.5, 0.6) is 0 Å². The molecule has 0 aromatic heterocycles. The van der Waals surface area contributed by atoms with E-state index in [0.717, 1.165) is 12.0 Å². The third kappa shape index (κ3) is 11.4. The van der Waals surface area contributed by atoms with E-state index in [2.05, 4.69) is 83.3 Å². The van der Waals surface area contributed by atoms with Crippen LogP contribution >= 0.6 is 0 Å². The molecule has 2 aliphatic carbocycles. The summed E-state index contributed by atoms with van der Waals surface area (Å²) < 4.78 is 1.79. The number of hydrogen-bond donors (Lipinski definition) is 0. The van der Waals surface area contributed by atoms with Gasteiger partial charge in [-0.1, -0.05) is 54.8 Å². The van der Waals surface area contributed by atoms with E-state index in [1.165, 1.54) is 71.9 Å². The molecule has 0 bridgehead atoms. The molecule has 0 nitrogen and oxygen atoms in total. The van der Waals surface area contributed by atoms with E-state index >= 15 is 0 Å². The largest absolute Gasteiger partial charge is 1.00 e. The SMILES string of the molecule is C=Cc1c[c-]c2c(c1)-c1cc(C=C)ccc1C2.CC1=CC(C)[C-]=C1.CCCC[C](=[Zr+2])CCCC.[Cl-].[Cl-]. The second kappa shape index (κ2) is 18.9. The summed E-state index contributed by atoms with van der Waals surface area (Å²) in [5.41, 5.74) is 8.90. The smallest absolute Gasteiger partial charge is 1.00 e. The van der Waals surface area contributed by atoms with Gasteiger partial charge in [-0.25, -0.2) is 11.6 Å². The molecule has 0 N–H and O–H groups in total. The number of fused-ring (bicyclic) bond motifs is 3. The van der Waals surface area contributed by atoms with Gasteiger partial charge >= 0.3 is 79.8 Å². The Morgan fingerprint density at radius 2 is 1.61 bits per heavy atom. The molecule has 0 radical (unpaired) electrons. The van der Waals surface area contributed by atoms with E-state index < -0.39 is 0 Å². The zero-order chi connectivity index (χ0) is 24.9. The van der Waals surface area contributed by atoms with Gasteiger partial charge in [-0.3, -0.25) is 6.08 Å². The van der Waals surface area contributed by atoms with Crippen LogP contribution in [0.3, 0.4) is 0 Å². The second-order valence-electron chi connectivity index (χ2n) is 9.15. The van der Waals surface area contributed by atoms with Crippen LogP contribution in [0, 0.1) is 18.1 Å². The Labute approximate surface area is 248 Å². The van der Waals surface area contributed by atoms with Gasteiger partial charge in [-0.15, -0.1) is 30.7 Å². The normalized spacial score (nSPS) is 13.8. The molecule has 0 saturated heterocycles. The molecule has 2 aromatic rings. The maximum absolute atomic E-state index is 3.82. The Hall–Kier alpha value is -1.27. The van der Waals surface area contributed by atoms with Crippen LogP contribution in [0.25, 0.3) is 23.3 Å². The van der Waals surface area contributed by atoms with Crippen LogP contribution in [-0.2, 0) is 30.7 Å². The summed E-state index contributed by atoms with van der Waals surface area (Å²) in [7, 11) is 0. The van der Waals surface area contributed by atoms with Crippen molar-refractivity contribution >= 4 is 15.4 Å². The molecule has 2 aliphatic rings. The van der Waals surface area contributed by atoms with Crippen molar-refractivity contribution < 1.29 is 49.0 Å². The Morgan fingerprint density at radius 1 is 1.00 bits per heavy atom. The molecule has 36 heavy (non-hydrogen) atoms. The van der Waals surface area contributed by atoms with Crippen molar-refractivity contribution in [3.63, 3.8) is 0 Å².